The number of rotatable bonds is 2. The van der Waals surface area contributed by atoms with Crippen molar-refractivity contribution in [2.24, 2.45) is 5.92 Å². The lowest BCUT2D eigenvalue weighted by molar-refractivity contribution is 0.587. The van der Waals surface area contributed by atoms with Crippen molar-refractivity contribution in [1.82, 2.24) is 0 Å². The molecule has 1 aromatic carbocycles. The molecule has 0 amide bonds. The van der Waals surface area contributed by atoms with E-state index in [0.717, 1.165) is 5.56 Å². The van der Waals surface area contributed by atoms with Crippen LogP contribution >= 0.6 is 0 Å². The topological polar surface area (TPSA) is 23.8 Å². The highest BCUT2D eigenvalue weighted by Crippen LogP contribution is 2.23. The van der Waals surface area contributed by atoms with Gasteiger partial charge < -0.3 is 0 Å². The van der Waals surface area contributed by atoms with Crippen LogP contribution in [0.2, 0.25) is 0 Å². The van der Waals surface area contributed by atoms with Crippen LogP contribution in [0.1, 0.15) is 30.9 Å². The van der Waals surface area contributed by atoms with Gasteiger partial charge in [-0.2, -0.15) is 5.26 Å². The van der Waals surface area contributed by atoms with E-state index >= 15 is 0 Å². The highest BCUT2D eigenvalue weighted by atomic mass is 14.3. The predicted octanol–water partition coefficient (Wildman–Crippen LogP) is 3.26. The van der Waals surface area contributed by atoms with E-state index in [1.165, 1.54) is 5.56 Å². The summed E-state index contributed by atoms with van der Waals surface area (Å²) in [7, 11) is 0. The minimum absolute atomic E-state index is 0.0283. The first kappa shape index (κ1) is 9.80. The summed E-state index contributed by atoms with van der Waals surface area (Å²) in [6, 6.07) is 10.5. The molecule has 0 bridgehead atoms. The molecule has 1 atom stereocenters. The van der Waals surface area contributed by atoms with Crippen molar-refractivity contribution in [1.29, 1.82) is 5.26 Å². The number of hydrogen-bond acceptors (Lipinski definition) is 1. The van der Waals surface area contributed by atoms with E-state index in [1.54, 1.807) is 0 Å². The van der Waals surface area contributed by atoms with Crippen LogP contribution in [0.15, 0.2) is 24.3 Å². The zero-order chi connectivity index (χ0) is 9.84. The molecule has 0 aliphatic heterocycles. The smallest absolute Gasteiger partial charge is 0.0735 e. The summed E-state index contributed by atoms with van der Waals surface area (Å²) in [5.74, 6) is 0.410. The van der Waals surface area contributed by atoms with Gasteiger partial charge in [0.2, 0.25) is 0 Å². The molecule has 13 heavy (non-hydrogen) atoms. The van der Waals surface area contributed by atoms with Gasteiger partial charge in [-0.3, -0.25) is 0 Å². The van der Waals surface area contributed by atoms with E-state index in [-0.39, 0.29) is 5.92 Å². The van der Waals surface area contributed by atoms with Gasteiger partial charge in [-0.25, -0.2) is 0 Å². The molecule has 1 aromatic rings. The van der Waals surface area contributed by atoms with E-state index in [4.69, 9.17) is 5.26 Å². The molecular weight excluding hydrogens is 158 g/mol. The molecule has 0 aliphatic rings. The first-order chi connectivity index (χ1) is 6.15. The third-order valence-electron chi connectivity index (χ3n) is 2.24. The van der Waals surface area contributed by atoms with Crippen LogP contribution in [-0.4, -0.2) is 0 Å². The molecule has 1 rings (SSSR count). The number of nitrogens with zero attached hydrogens (tertiary/aromatic N) is 1. The van der Waals surface area contributed by atoms with E-state index in [9.17, 15) is 0 Å². The van der Waals surface area contributed by atoms with Crippen molar-refractivity contribution < 1.29 is 0 Å². The van der Waals surface area contributed by atoms with Crippen LogP contribution < -0.4 is 0 Å². The zero-order valence-corrected chi connectivity index (χ0v) is 8.41. The minimum Gasteiger partial charge on any atom is -0.198 e. The van der Waals surface area contributed by atoms with Crippen molar-refractivity contribution >= 4 is 0 Å². The number of aryl methyl sites for hydroxylation is 1. The second-order valence-corrected chi connectivity index (χ2v) is 3.76. The van der Waals surface area contributed by atoms with Crippen molar-refractivity contribution in [3.8, 4) is 6.07 Å². The van der Waals surface area contributed by atoms with Crippen molar-refractivity contribution in [2.75, 3.05) is 0 Å². The van der Waals surface area contributed by atoms with Gasteiger partial charge in [-0.15, -0.1) is 0 Å². The van der Waals surface area contributed by atoms with Crippen LogP contribution in [0.3, 0.4) is 0 Å². The molecule has 68 valence electrons. The van der Waals surface area contributed by atoms with Gasteiger partial charge in [0.05, 0.1) is 12.0 Å². The Morgan fingerprint density at radius 2 is 1.69 bits per heavy atom. The zero-order valence-electron chi connectivity index (χ0n) is 8.41. The fourth-order valence-electron chi connectivity index (χ4n) is 1.38. The molecule has 0 aliphatic carbocycles. The summed E-state index contributed by atoms with van der Waals surface area (Å²) in [5.41, 5.74) is 2.37. The third kappa shape index (κ3) is 2.32. The molecule has 0 N–H and O–H groups in total. The maximum absolute atomic E-state index is 8.97. The second-order valence-electron chi connectivity index (χ2n) is 3.76. The molecule has 0 radical (unpaired) electrons. The number of benzene rings is 1. The SMILES string of the molecule is Cc1ccc([C@H](C#N)C(C)C)cc1. The average molecular weight is 173 g/mol. The van der Waals surface area contributed by atoms with Gasteiger partial charge in [-0.05, 0) is 18.4 Å². The standard InChI is InChI=1S/C12H15N/c1-9(2)12(8-13)11-6-4-10(3)5-7-11/h4-7,9,12H,1-3H3/t12-/m1/s1. The summed E-state index contributed by atoms with van der Waals surface area (Å²) in [6.45, 7) is 6.21. The van der Waals surface area contributed by atoms with Gasteiger partial charge in [0, 0.05) is 0 Å². The molecular formula is C12H15N. The Bertz CT molecular complexity index is 303. The Balaban J connectivity index is 2.94. The maximum atomic E-state index is 8.97. The molecule has 0 spiro atoms. The van der Waals surface area contributed by atoms with Crippen molar-refractivity contribution in [3.63, 3.8) is 0 Å². The fraction of sp³-hybridized carbons (Fsp3) is 0.417. The molecule has 0 saturated heterocycles. The lowest BCUT2D eigenvalue weighted by atomic mass is 9.89. The van der Waals surface area contributed by atoms with Crippen molar-refractivity contribution in [3.05, 3.63) is 35.4 Å². The highest BCUT2D eigenvalue weighted by molar-refractivity contribution is 5.28. The first-order valence-corrected chi connectivity index (χ1v) is 4.61. The third-order valence-corrected chi connectivity index (χ3v) is 2.24. The Kier molecular flexibility index (Phi) is 3.08. The van der Waals surface area contributed by atoms with Gasteiger partial charge in [0.1, 0.15) is 0 Å². The predicted molar refractivity (Wildman–Crippen MR) is 54.4 cm³/mol. The number of nitriles is 1. The number of hydrogen-bond donors (Lipinski definition) is 0. The summed E-state index contributed by atoms with van der Waals surface area (Å²) in [5, 5.41) is 8.97. The molecule has 0 unspecified atom stereocenters. The quantitative estimate of drug-likeness (QED) is 0.673. The van der Waals surface area contributed by atoms with Gasteiger partial charge in [0.25, 0.3) is 0 Å². The van der Waals surface area contributed by atoms with E-state index in [1.807, 2.05) is 12.1 Å². The van der Waals surface area contributed by atoms with Gasteiger partial charge in [-0.1, -0.05) is 43.7 Å². The first-order valence-electron chi connectivity index (χ1n) is 4.61. The molecule has 1 nitrogen and oxygen atoms in total. The Hall–Kier alpha value is -1.29. The monoisotopic (exact) mass is 173 g/mol. The molecule has 1 heteroatoms. The fourth-order valence-corrected chi connectivity index (χ4v) is 1.38. The Labute approximate surface area is 80.0 Å². The van der Waals surface area contributed by atoms with E-state index in [0.29, 0.717) is 5.92 Å². The van der Waals surface area contributed by atoms with E-state index in [2.05, 4.69) is 39.0 Å². The van der Waals surface area contributed by atoms with Crippen LogP contribution in [-0.2, 0) is 0 Å². The van der Waals surface area contributed by atoms with Crippen molar-refractivity contribution in [2.45, 2.75) is 26.7 Å². The summed E-state index contributed by atoms with van der Waals surface area (Å²) >= 11 is 0. The van der Waals surface area contributed by atoms with Crippen LogP contribution in [0.25, 0.3) is 0 Å². The minimum atomic E-state index is 0.0283. The summed E-state index contributed by atoms with van der Waals surface area (Å²) < 4.78 is 0. The van der Waals surface area contributed by atoms with Gasteiger partial charge in [0.15, 0.2) is 0 Å². The normalized spacial score (nSPS) is 12.5. The maximum Gasteiger partial charge on any atom is 0.0735 e. The lowest BCUT2D eigenvalue weighted by Gasteiger charge is -2.12. The van der Waals surface area contributed by atoms with Crippen LogP contribution in [0.4, 0.5) is 0 Å². The molecule has 0 heterocycles. The lowest BCUT2D eigenvalue weighted by Crippen LogP contribution is -2.03. The average Bonchev–Trinajstić information content (AvgIpc) is 2.09. The molecule has 0 aromatic heterocycles. The second kappa shape index (κ2) is 4.09. The van der Waals surface area contributed by atoms with E-state index < -0.39 is 0 Å². The summed E-state index contributed by atoms with van der Waals surface area (Å²) in [6.07, 6.45) is 0. The molecule has 0 saturated carbocycles. The molecule has 0 fully saturated rings. The van der Waals surface area contributed by atoms with Crippen LogP contribution in [0.5, 0.6) is 0 Å². The Morgan fingerprint density at radius 3 is 2.08 bits per heavy atom. The Morgan fingerprint density at radius 1 is 1.15 bits per heavy atom. The largest absolute Gasteiger partial charge is 0.198 e. The van der Waals surface area contributed by atoms with Crippen LogP contribution in [0, 0.1) is 24.2 Å². The highest BCUT2D eigenvalue weighted by Gasteiger charge is 2.13. The van der Waals surface area contributed by atoms with Gasteiger partial charge >= 0.3 is 0 Å². The summed E-state index contributed by atoms with van der Waals surface area (Å²) in [4.78, 5) is 0.